The molecule has 1 amide bonds. The van der Waals surface area contributed by atoms with E-state index in [9.17, 15) is 19.5 Å². The number of hydrogen-bond donors (Lipinski definition) is 2. The fraction of sp³-hybridized carbons (Fsp3) is 0.450. The Labute approximate surface area is 173 Å². The lowest BCUT2D eigenvalue weighted by Crippen LogP contribution is -2.46. The average Bonchev–Trinajstić information content (AvgIpc) is 2.52. The molecule has 2 rings (SSSR count). The van der Waals surface area contributed by atoms with Gasteiger partial charge in [0, 0.05) is 25.3 Å². The Kier molecular flexibility index (Phi) is 6.47. The number of cyclic esters (lactones) is 2. The Morgan fingerprint density at radius 1 is 1.17 bits per heavy atom. The van der Waals surface area contributed by atoms with E-state index >= 15 is 0 Å². The molecule has 9 heteroatoms. The molecule has 29 heavy (non-hydrogen) atoms. The molecule has 8 nitrogen and oxygen atoms in total. The van der Waals surface area contributed by atoms with Crippen LogP contribution in [0, 0.1) is 0 Å². The Morgan fingerprint density at radius 2 is 1.69 bits per heavy atom. The van der Waals surface area contributed by atoms with Crippen LogP contribution in [0.15, 0.2) is 35.6 Å². The van der Waals surface area contributed by atoms with Crippen LogP contribution in [0.5, 0.6) is 0 Å². The van der Waals surface area contributed by atoms with E-state index in [1.54, 1.807) is 45.0 Å². The molecule has 0 bridgehead atoms. The van der Waals surface area contributed by atoms with E-state index in [0.717, 1.165) is 0 Å². The normalized spacial score (nSPS) is 17.1. The molecule has 0 aliphatic carbocycles. The SMILES string of the molecule is CC(C)(C)OC(=O)NC(Cc1ccc(Cl)cc1)C(O)=C1C(=O)OC(C)(C)OC1=O. The highest BCUT2D eigenvalue weighted by Gasteiger charge is 2.42. The van der Waals surface area contributed by atoms with Gasteiger partial charge in [0.1, 0.15) is 11.4 Å². The highest BCUT2D eigenvalue weighted by atomic mass is 35.5. The molecule has 1 aromatic rings. The molecule has 0 saturated carbocycles. The summed E-state index contributed by atoms with van der Waals surface area (Å²) in [5, 5.41) is 13.7. The topological polar surface area (TPSA) is 111 Å². The molecule has 158 valence electrons. The van der Waals surface area contributed by atoms with E-state index in [2.05, 4.69) is 5.32 Å². The third-order valence-electron chi connectivity index (χ3n) is 3.72. The molecule has 1 heterocycles. The van der Waals surface area contributed by atoms with Gasteiger partial charge >= 0.3 is 18.0 Å². The van der Waals surface area contributed by atoms with Gasteiger partial charge in [0.15, 0.2) is 5.57 Å². The molecule has 1 aliphatic rings. The number of nitrogens with one attached hydrogen (secondary N) is 1. The maximum atomic E-state index is 12.3. The zero-order chi connectivity index (χ0) is 22.0. The maximum absolute atomic E-state index is 12.3. The van der Waals surface area contributed by atoms with Crippen molar-refractivity contribution in [3.8, 4) is 0 Å². The largest absolute Gasteiger partial charge is 0.509 e. The fourth-order valence-electron chi connectivity index (χ4n) is 2.56. The number of ether oxygens (including phenoxy) is 3. The predicted octanol–water partition coefficient (Wildman–Crippen LogP) is 3.42. The first-order valence-corrected chi connectivity index (χ1v) is 9.29. The number of alkyl carbamates (subject to hydrolysis) is 1. The highest BCUT2D eigenvalue weighted by molar-refractivity contribution is 6.30. The number of benzene rings is 1. The first-order chi connectivity index (χ1) is 13.3. The Bertz CT molecular complexity index is 815. The van der Waals surface area contributed by atoms with E-state index in [1.807, 2.05) is 0 Å². The first-order valence-electron chi connectivity index (χ1n) is 8.91. The standard InChI is InChI=1S/C20H24ClNO7/c1-19(2,3)29-18(26)22-13(10-11-6-8-12(21)9-7-11)15(23)14-16(24)27-20(4,5)28-17(14)25/h6-9,13,23H,10H2,1-5H3,(H,22,26). The minimum Gasteiger partial charge on any atom is -0.509 e. The molecule has 1 saturated heterocycles. The van der Waals surface area contributed by atoms with Crippen molar-refractivity contribution in [3.05, 3.63) is 46.2 Å². The van der Waals surface area contributed by atoms with Crippen LogP contribution < -0.4 is 5.32 Å². The van der Waals surface area contributed by atoms with E-state index in [1.165, 1.54) is 13.8 Å². The van der Waals surface area contributed by atoms with Gasteiger partial charge in [-0.05, 0) is 38.5 Å². The van der Waals surface area contributed by atoms with Crippen LogP contribution in [0.4, 0.5) is 4.79 Å². The van der Waals surface area contributed by atoms with Gasteiger partial charge in [0.25, 0.3) is 5.79 Å². The summed E-state index contributed by atoms with van der Waals surface area (Å²) in [7, 11) is 0. The predicted molar refractivity (Wildman–Crippen MR) is 104 cm³/mol. The molecule has 1 unspecified atom stereocenters. The summed E-state index contributed by atoms with van der Waals surface area (Å²) in [6.07, 6.45) is -0.781. The van der Waals surface area contributed by atoms with E-state index in [-0.39, 0.29) is 6.42 Å². The fourth-order valence-corrected chi connectivity index (χ4v) is 2.68. The Balaban J connectivity index is 2.37. The molecule has 0 aromatic heterocycles. The number of amides is 1. The average molecular weight is 426 g/mol. The molecule has 0 radical (unpaired) electrons. The summed E-state index contributed by atoms with van der Waals surface area (Å²) in [5.74, 6) is -4.23. The van der Waals surface area contributed by atoms with Crippen LogP contribution in [-0.2, 0) is 30.2 Å². The molecule has 2 N–H and O–H groups in total. The number of rotatable bonds is 4. The molecule has 1 fully saturated rings. The summed E-state index contributed by atoms with van der Waals surface area (Å²) < 4.78 is 15.2. The van der Waals surface area contributed by atoms with Gasteiger partial charge in [0.2, 0.25) is 0 Å². The molecule has 1 aliphatic heterocycles. The van der Waals surface area contributed by atoms with Crippen LogP contribution in [0.1, 0.15) is 40.2 Å². The maximum Gasteiger partial charge on any atom is 0.408 e. The van der Waals surface area contributed by atoms with Crippen molar-refractivity contribution >= 4 is 29.6 Å². The van der Waals surface area contributed by atoms with Gasteiger partial charge in [-0.15, -0.1) is 0 Å². The van der Waals surface area contributed by atoms with Crippen molar-refractivity contribution in [1.29, 1.82) is 0 Å². The summed E-state index contributed by atoms with van der Waals surface area (Å²) in [5.41, 5.74) is -0.787. The zero-order valence-electron chi connectivity index (χ0n) is 16.9. The van der Waals surface area contributed by atoms with Crippen molar-refractivity contribution in [1.82, 2.24) is 5.32 Å². The van der Waals surface area contributed by atoms with Crippen molar-refractivity contribution in [2.75, 3.05) is 0 Å². The van der Waals surface area contributed by atoms with Crippen molar-refractivity contribution in [2.45, 2.75) is 58.5 Å². The van der Waals surface area contributed by atoms with E-state index < -0.39 is 46.8 Å². The third kappa shape index (κ3) is 6.39. The number of carbonyl (C=O) groups is 3. The lowest BCUT2D eigenvalue weighted by Gasteiger charge is -2.31. The lowest BCUT2D eigenvalue weighted by atomic mass is 10.0. The van der Waals surface area contributed by atoms with Gasteiger partial charge in [-0.1, -0.05) is 23.7 Å². The van der Waals surface area contributed by atoms with Crippen molar-refractivity contribution in [3.63, 3.8) is 0 Å². The molecule has 1 aromatic carbocycles. The Hall–Kier alpha value is -2.74. The van der Waals surface area contributed by atoms with Crippen LogP contribution in [0.3, 0.4) is 0 Å². The molecule has 0 spiro atoms. The summed E-state index contributed by atoms with van der Waals surface area (Å²) in [6, 6.07) is 5.49. The van der Waals surface area contributed by atoms with Crippen LogP contribution in [-0.4, -0.2) is 40.6 Å². The lowest BCUT2D eigenvalue weighted by molar-refractivity contribution is -0.222. The van der Waals surface area contributed by atoms with E-state index in [0.29, 0.717) is 10.6 Å². The molecular formula is C20H24ClNO7. The first kappa shape index (κ1) is 22.5. The minimum absolute atomic E-state index is 0.0513. The number of aliphatic hydroxyl groups is 1. The summed E-state index contributed by atoms with van der Waals surface area (Å²) in [6.45, 7) is 7.81. The van der Waals surface area contributed by atoms with Crippen LogP contribution >= 0.6 is 11.6 Å². The second kappa shape index (κ2) is 8.32. The highest BCUT2D eigenvalue weighted by Crippen LogP contribution is 2.26. The molecular weight excluding hydrogens is 402 g/mol. The third-order valence-corrected chi connectivity index (χ3v) is 3.97. The number of carbonyl (C=O) groups excluding carboxylic acids is 3. The second-order valence-corrected chi connectivity index (χ2v) is 8.40. The number of aliphatic hydroxyl groups excluding tert-OH is 1. The number of hydrogen-bond acceptors (Lipinski definition) is 7. The minimum atomic E-state index is -1.46. The summed E-state index contributed by atoms with van der Waals surface area (Å²) >= 11 is 5.88. The molecule has 1 atom stereocenters. The Morgan fingerprint density at radius 3 is 2.17 bits per heavy atom. The van der Waals surface area contributed by atoms with Gasteiger partial charge in [0.05, 0.1) is 6.04 Å². The van der Waals surface area contributed by atoms with Crippen molar-refractivity contribution < 1.29 is 33.7 Å². The van der Waals surface area contributed by atoms with Crippen LogP contribution in [0.2, 0.25) is 5.02 Å². The van der Waals surface area contributed by atoms with Gasteiger partial charge < -0.3 is 24.6 Å². The number of esters is 2. The van der Waals surface area contributed by atoms with E-state index in [4.69, 9.17) is 25.8 Å². The van der Waals surface area contributed by atoms with Crippen LogP contribution in [0.25, 0.3) is 0 Å². The zero-order valence-corrected chi connectivity index (χ0v) is 17.6. The van der Waals surface area contributed by atoms with Gasteiger partial charge in [-0.3, -0.25) is 0 Å². The van der Waals surface area contributed by atoms with Gasteiger partial charge in [-0.25, -0.2) is 14.4 Å². The second-order valence-electron chi connectivity index (χ2n) is 7.97. The summed E-state index contributed by atoms with van der Waals surface area (Å²) in [4.78, 5) is 36.8. The van der Waals surface area contributed by atoms with Crippen molar-refractivity contribution in [2.24, 2.45) is 0 Å². The van der Waals surface area contributed by atoms with Gasteiger partial charge in [-0.2, -0.15) is 0 Å². The quantitative estimate of drug-likeness (QED) is 0.329. The number of halogens is 1. The monoisotopic (exact) mass is 425 g/mol. The smallest absolute Gasteiger partial charge is 0.408 e.